The summed E-state index contributed by atoms with van der Waals surface area (Å²) in [6.07, 6.45) is 0. The molecule has 0 aliphatic carbocycles. The molecule has 0 aliphatic heterocycles. The second-order valence-corrected chi connectivity index (χ2v) is 2.20. The van der Waals surface area contributed by atoms with Gasteiger partial charge in [-0.25, -0.2) is 4.39 Å². The number of fused-ring (bicyclic) bond motifs is 1. The van der Waals surface area contributed by atoms with Crippen molar-refractivity contribution < 1.29 is 8.78 Å². The average Bonchev–Trinajstić information content (AvgIpc) is 2.32. The molecule has 0 spiro atoms. The van der Waals surface area contributed by atoms with Crippen molar-refractivity contribution in [1.29, 1.82) is 0 Å². The summed E-state index contributed by atoms with van der Waals surface area (Å²) in [7, 11) is 0. The van der Waals surface area contributed by atoms with Crippen LogP contribution in [0, 0.1) is 11.8 Å². The quantitative estimate of drug-likeness (QED) is 0.616. The number of halogens is 2. The number of nitrogens with one attached hydrogen (secondary N) is 1. The van der Waals surface area contributed by atoms with Crippen molar-refractivity contribution in [3.63, 3.8) is 0 Å². The van der Waals surface area contributed by atoms with Crippen molar-refractivity contribution in [3.05, 3.63) is 30.0 Å². The zero-order chi connectivity index (χ0) is 7.84. The molecule has 1 N–H and O–H groups in total. The highest BCUT2D eigenvalue weighted by atomic mass is 19.1. The molecule has 1 aromatic carbocycles. The lowest BCUT2D eigenvalue weighted by Gasteiger charge is -1.86. The Bertz CT molecular complexity index is 394. The van der Waals surface area contributed by atoms with E-state index in [1.807, 2.05) is 0 Å². The van der Waals surface area contributed by atoms with Crippen molar-refractivity contribution in [3.8, 4) is 0 Å². The lowest BCUT2D eigenvalue weighted by Crippen LogP contribution is -1.73. The maximum atomic E-state index is 12.6. The van der Waals surface area contributed by atoms with Gasteiger partial charge in [0.05, 0.1) is 10.9 Å². The molecule has 0 saturated carbocycles. The van der Waals surface area contributed by atoms with Crippen molar-refractivity contribution >= 4 is 10.9 Å². The normalized spacial score (nSPS) is 10.7. The maximum absolute atomic E-state index is 12.6. The molecule has 2 aromatic rings. The first-order valence-electron chi connectivity index (χ1n) is 3.06. The molecule has 4 heteroatoms. The molecule has 1 aromatic heterocycles. The van der Waals surface area contributed by atoms with Gasteiger partial charge in [-0.2, -0.15) is 9.49 Å². The second kappa shape index (κ2) is 2.02. The summed E-state index contributed by atoms with van der Waals surface area (Å²) in [6.45, 7) is 0. The molecular weight excluding hydrogens is 150 g/mol. The van der Waals surface area contributed by atoms with Gasteiger partial charge in [0.15, 0.2) is 0 Å². The fourth-order valence-corrected chi connectivity index (χ4v) is 0.952. The van der Waals surface area contributed by atoms with Gasteiger partial charge in [0.25, 0.3) is 0 Å². The summed E-state index contributed by atoms with van der Waals surface area (Å²) in [6, 6.07) is 3.72. The van der Waals surface area contributed by atoms with Crippen LogP contribution in [0.3, 0.4) is 0 Å². The maximum Gasteiger partial charge on any atom is 0.216 e. The van der Waals surface area contributed by atoms with Crippen LogP contribution in [-0.4, -0.2) is 10.2 Å². The zero-order valence-electron chi connectivity index (χ0n) is 5.44. The highest BCUT2D eigenvalue weighted by Gasteiger charge is 2.03. The van der Waals surface area contributed by atoms with Crippen LogP contribution in [0.25, 0.3) is 10.9 Å². The number of benzene rings is 1. The van der Waals surface area contributed by atoms with Crippen LogP contribution in [0.15, 0.2) is 18.2 Å². The summed E-state index contributed by atoms with van der Waals surface area (Å²) in [5.74, 6) is -0.941. The number of hydrogen-bond acceptors (Lipinski definition) is 1. The molecule has 0 saturated heterocycles. The van der Waals surface area contributed by atoms with E-state index in [0.29, 0.717) is 10.9 Å². The Hall–Kier alpha value is -1.45. The molecule has 0 unspecified atom stereocenters. The van der Waals surface area contributed by atoms with E-state index in [2.05, 4.69) is 10.2 Å². The van der Waals surface area contributed by atoms with Crippen LogP contribution in [-0.2, 0) is 0 Å². The fraction of sp³-hybridized carbons (Fsp3) is 0. The Morgan fingerprint density at radius 2 is 2.09 bits per heavy atom. The van der Waals surface area contributed by atoms with Crippen LogP contribution in [0.1, 0.15) is 0 Å². The second-order valence-electron chi connectivity index (χ2n) is 2.20. The fourth-order valence-electron chi connectivity index (χ4n) is 0.952. The standard InChI is InChI=1S/C7H4F2N2/c8-4-1-2-5-6(3-4)10-11-7(5)9/h1-3H,(H,10,11). The minimum atomic E-state index is -0.528. The third-order valence-corrected chi connectivity index (χ3v) is 1.47. The molecule has 0 bridgehead atoms. The molecular formula is C7H4F2N2. The van der Waals surface area contributed by atoms with Crippen molar-refractivity contribution in [2.45, 2.75) is 0 Å². The molecule has 1 heterocycles. The highest BCUT2D eigenvalue weighted by molar-refractivity contribution is 5.78. The molecule has 2 rings (SSSR count). The lowest BCUT2D eigenvalue weighted by atomic mass is 10.2. The summed E-state index contributed by atoms with van der Waals surface area (Å²) < 4.78 is 25.1. The van der Waals surface area contributed by atoms with Gasteiger partial charge in [-0.15, -0.1) is 0 Å². The lowest BCUT2D eigenvalue weighted by molar-refractivity contribution is 0.588. The van der Waals surface area contributed by atoms with E-state index in [-0.39, 0.29) is 0 Å². The molecule has 0 amide bonds. The summed E-state index contributed by atoms with van der Waals surface area (Å²) in [5.41, 5.74) is 0.308. The summed E-state index contributed by atoms with van der Waals surface area (Å²) >= 11 is 0. The largest absolute Gasteiger partial charge is 0.252 e. The summed E-state index contributed by atoms with van der Waals surface area (Å²) in [5, 5.41) is 5.97. The number of aromatic amines is 1. The van der Waals surface area contributed by atoms with Crippen LogP contribution in [0.5, 0.6) is 0 Å². The number of rotatable bonds is 0. The number of H-pyrrole nitrogens is 1. The van der Waals surface area contributed by atoms with E-state index in [0.717, 1.165) is 0 Å². The van der Waals surface area contributed by atoms with Gasteiger partial charge in [0, 0.05) is 6.07 Å². The average molecular weight is 154 g/mol. The molecule has 0 atom stereocenters. The first-order chi connectivity index (χ1) is 5.27. The smallest absolute Gasteiger partial charge is 0.216 e. The zero-order valence-corrected chi connectivity index (χ0v) is 5.44. The molecule has 56 valence electrons. The minimum Gasteiger partial charge on any atom is -0.252 e. The minimum absolute atomic E-state index is 0.308. The van der Waals surface area contributed by atoms with Gasteiger partial charge >= 0.3 is 0 Å². The third-order valence-electron chi connectivity index (χ3n) is 1.47. The van der Waals surface area contributed by atoms with Gasteiger partial charge in [-0.05, 0) is 12.1 Å². The van der Waals surface area contributed by atoms with E-state index in [9.17, 15) is 8.78 Å². The van der Waals surface area contributed by atoms with Crippen molar-refractivity contribution in [2.24, 2.45) is 0 Å². The van der Waals surface area contributed by atoms with Gasteiger partial charge in [-0.3, -0.25) is 5.10 Å². The Morgan fingerprint density at radius 1 is 1.27 bits per heavy atom. The molecule has 11 heavy (non-hydrogen) atoms. The van der Waals surface area contributed by atoms with Crippen LogP contribution >= 0.6 is 0 Å². The molecule has 0 aliphatic rings. The van der Waals surface area contributed by atoms with E-state index in [1.54, 1.807) is 0 Å². The summed E-state index contributed by atoms with van der Waals surface area (Å²) in [4.78, 5) is 0. The van der Waals surface area contributed by atoms with Crippen molar-refractivity contribution in [1.82, 2.24) is 10.2 Å². The predicted octanol–water partition coefficient (Wildman–Crippen LogP) is 1.84. The van der Waals surface area contributed by atoms with Gasteiger partial charge in [-0.1, -0.05) is 0 Å². The topological polar surface area (TPSA) is 28.7 Å². The van der Waals surface area contributed by atoms with E-state index >= 15 is 0 Å². The predicted molar refractivity (Wildman–Crippen MR) is 36.0 cm³/mol. The van der Waals surface area contributed by atoms with Crippen LogP contribution in [0.4, 0.5) is 8.78 Å². The van der Waals surface area contributed by atoms with E-state index in [1.165, 1.54) is 18.2 Å². The van der Waals surface area contributed by atoms with E-state index in [4.69, 9.17) is 0 Å². The first kappa shape index (κ1) is 6.27. The third kappa shape index (κ3) is 0.869. The number of hydrogen-bond donors (Lipinski definition) is 1. The SMILES string of the molecule is Fc1ccc2c(F)[nH]nc2c1. The van der Waals surface area contributed by atoms with Crippen LogP contribution in [0.2, 0.25) is 0 Å². The van der Waals surface area contributed by atoms with Gasteiger partial charge < -0.3 is 0 Å². The Kier molecular flexibility index (Phi) is 1.15. The number of aromatic nitrogens is 2. The molecule has 0 radical (unpaired) electrons. The monoisotopic (exact) mass is 154 g/mol. The first-order valence-corrected chi connectivity index (χ1v) is 3.06. The molecule has 2 nitrogen and oxygen atoms in total. The van der Waals surface area contributed by atoms with Gasteiger partial charge in [0.2, 0.25) is 5.95 Å². The van der Waals surface area contributed by atoms with E-state index < -0.39 is 11.8 Å². The van der Waals surface area contributed by atoms with Gasteiger partial charge in [0.1, 0.15) is 5.82 Å². The number of nitrogens with zero attached hydrogens (tertiary/aromatic N) is 1. The highest BCUT2D eigenvalue weighted by Crippen LogP contribution is 2.14. The Morgan fingerprint density at radius 3 is 2.91 bits per heavy atom. The Balaban J connectivity index is 2.86. The van der Waals surface area contributed by atoms with Crippen molar-refractivity contribution in [2.75, 3.05) is 0 Å². The Labute approximate surface area is 60.8 Å². The molecule has 0 fully saturated rings. The van der Waals surface area contributed by atoms with Crippen LogP contribution < -0.4 is 0 Å².